The molecule has 4 nitrogen and oxygen atoms in total. The molecule has 0 spiro atoms. The Morgan fingerprint density at radius 3 is 2.19 bits per heavy atom. The number of anilines is 2. The highest BCUT2D eigenvalue weighted by Gasteiger charge is 2.14. The first kappa shape index (κ1) is 18.3. The molecule has 0 aliphatic rings. The van der Waals surface area contributed by atoms with Gasteiger partial charge in [0, 0.05) is 11.3 Å². The number of aryl methyl sites for hydroxylation is 2. The van der Waals surface area contributed by atoms with E-state index in [4.69, 9.17) is 0 Å². The average Bonchev–Trinajstić information content (AvgIpc) is 2.65. The minimum atomic E-state index is -0.417. The van der Waals surface area contributed by atoms with Crippen LogP contribution in [0.2, 0.25) is 0 Å². The summed E-state index contributed by atoms with van der Waals surface area (Å²) in [6.07, 6.45) is 0. The lowest BCUT2D eigenvalue weighted by molar-refractivity contribution is 0.102. The second kappa shape index (κ2) is 7.83. The summed E-state index contributed by atoms with van der Waals surface area (Å²) in [5.41, 5.74) is 3.92. The largest absolute Gasteiger partial charge is 0.322 e. The monoisotopic (exact) mass is 362 g/mol. The number of carbonyl (C=O) groups excluding carboxylic acids is 2. The van der Waals surface area contributed by atoms with Gasteiger partial charge in [0.1, 0.15) is 5.82 Å². The van der Waals surface area contributed by atoms with E-state index in [2.05, 4.69) is 10.6 Å². The molecule has 2 amide bonds. The van der Waals surface area contributed by atoms with Crippen molar-refractivity contribution in [2.24, 2.45) is 0 Å². The number of amides is 2. The molecule has 5 heteroatoms. The molecule has 0 fully saturated rings. The normalized spacial score (nSPS) is 10.3. The smallest absolute Gasteiger partial charge is 0.257 e. The molecule has 0 unspecified atom stereocenters. The molecule has 0 radical (unpaired) electrons. The number of rotatable bonds is 4. The zero-order chi connectivity index (χ0) is 19.4. The Morgan fingerprint density at radius 2 is 1.48 bits per heavy atom. The van der Waals surface area contributed by atoms with E-state index in [1.807, 2.05) is 32.0 Å². The lowest BCUT2D eigenvalue weighted by Gasteiger charge is -2.12. The van der Waals surface area contributed by atoms with E-state index >= 15 is 0 Å². The summed E-state index contributed by atoms with van der Waals surface area (Å²) in [4.78, 5) is 25.1. The van der Waals surface area contributed by atoms with E-state index in [0.717, 1.165) is 11.1 Å². The van der Waals surface area contributed by atoms with E-state index in [9.17, 15) is 14.0 Å². The van der Waals surface area contributed by atoms with Gasteiger partial charge in [-0.15, -0.1) is 0 Å². The summed E-state index contributed by atoms with van der Waals surface area (Å²) in [6.45, 7) is 3.98. The summed E-state index contributed by atoms with van der Waals surface area (Å²) in [5, 5.41) is 5.56. The standard InChI is InChI=1S/C22H19FN2O2/c1-14-7-12-18(13-15(14)2)24-22(27)19-5-3-4-6-20(19)25-21(26)16-8-10-17(23)11-9-16/h3-13H,1-2H3,(H,24,27)(H,25,26). The molecule has 3 rings (SSSR count). The summed E-state index contributed by atoms with van der Waals surface area (Å²) >= 11 is 0. The van der Waals surface area contributed by atoms with Crippen LogP contribution in [-0.2, 0) is 0 Å². The van der Waals surface area contributed by atoms with E-state index in [1.165, 1.54) is 24.3 Å². The van der Waals surface area contributed by atoms with Crippen molar-refractivity contribution >= 4 is 23.2 Å². The fourth-order valence-corrected chi connectivity index (χ4v) is 2.60. The Morgan fingerprint density at radius 1 is 0.778 bits per heavy atom. The number of hydrogen-bond donors (Lipinski definition) is 2. The quantitative estimate of drug-likeness (QED) is 0.690. The minimum absolute atomic E-state index is 0.306. The fraction of sp³-hybridized carbons (Fsp3) is 0.0909. The van der Waals surface area contributed by atoms with Crippen molar-refractivity contribution in [1.29, 1.82) is 0 Å². The maximum absolute atomic E-state index is 13.0. The van der Waals surface area contributed by atoms with Crippen molar-refractivity contribution in [2.75, 3.05) is 10.6 Å². The highest BCUT2D eigenvalue weighted by molar-refractivity contribution is 6.12. The second-order valence-electron chi connectivity index (χ2n) is 6.26. The highest BCUT2D eigenvalue weighted by Crippen LogP contribution is 2.20. The molecule has 2 N–H and O–H groups in total. The fourth-order valence-electron chi connectivity index (χ4n) is 2.60. The van der Waals surface area contributed by atoms with E-state index in [0.29, 0.717) is 22.5 Å². The summed E-state index contributed by atoms with van der Waals surface area (Å²) in [7, 11) is 0. The van der Waals surface area contributed by atoms with Crippen LogP contribution in [0.15, 0.2) is 66.7 Å². The van der Waals surface area contributed by atoms with Crippen LogP contribution in [0.25, 0.3) is 0 Å². The average molecular weight is 362 g/mol. The molecule has 0 aliphatic heterocycles. The van der Waals surface area contributed by atoms with Gasteiger partial charge in [0.15, 0.2) is 0 Å². The minimum Gasteiger partial charge on any atom is -0.322 e. The van der Waals surface area contributed by atoms with Crippen molar-refractivity contribution in [1.82, 2.24) is 0 Å². The van der Waals surface area contributed by atoms with Crippen molar-refractivity contribution in [2.45, 2.75) is 13.8 Å². The molecule has 0 heterocycles. The molecule has 3 aromatic rings. The molecule has 0 atom stereocenters. The van der Waals surface area contributed by atoms with Gasteiger partial charge < -0.3 is 10.6 Å². The van der Waals surface area contributed by atoms with Crippen LogP contribution in [-0.4, -0.2) is 11.8 Å². The lowest BCUT2D eigenvalue weighted by Crippen LogP contribution is -2.18. The molecule has 0 aromatic heterocycles. The topological polar surface area (TPSA) is 58.2 Å². The van der Waals surface area contributed by atoms with Crippen molar-refractivity contribution in [3.05, 3.63) is 94.8 Å². The lowest BCUT2D eigenvalue weighted by atomic mass is 10.1. The first-order chi connectivity index (χ1) is 12.9. The first-order valence-corrected chi connectivity index (χ1v) is 8.48. The predicted octanol–water partition coefficient (Wildman–Crippen LogP) is 4.95. The van der Waals surface area contributed by atoms with Crippen LogP contribution in [0.4, 0.5) is 15.8 Å². The highest BCUT2D eigenvalue weighted by atomic mass is 19.1. The second-order valence-corrected chi connectivity index (χ2v) is 6.26. The SMILES string of the molecule is Cc1ccc(NC(=O)c2ccccc2NC(=O)c2ccc(F)cc2)cc1C. The van der Waals surface area contributed by atoms with E-state index < -0.39 is 11.7 Å². The Labute approximate surface area is 157 Å². The van der Waals surface area contributed by atoms with Crippen LogP contribution in [0.1, 0.15) is 31.8 Å². The maximum Gasteiger partial charge on any atom is 0.257 e. The molecule has 0 saturated carbocycles. The zero-order valence-corrected chi connectivity index (χ0v) is 15.0. The Hall–Kier alpha value is -3.47. The predicted molar refractivity (Wildman–Crippen MR) is 105 cm³/mol. The van der Waals surface area contributed by atoms with Crippen LogP contribution in [0.3, 0.4) is 0 Å². The third-order valence-electron chi connectivity index (χ3n) is 4.29. The number of hydrogen-bond acceptors (Lipinski definition) is 2. The number of para-hydroxylation sites is 1. The Bertz CT molecular complexity index is 997. The van der Waals surface area contributed by atoms with Crippen molar-refractivity contribution in [3.63, 3.8) is 0 Å². The van der Waals surface area contributed by atoms with Crippen LogP contribution >= 0.6 is 0 Å². The van der Waals surface area contributed by atoms with Gasteiger partial charge in [-0.25, -0.2) is 4.39 Å². The number of nitrogens with one attached hydrogen (secondary N) is 2. The summed E-state index contributed by atoms with van der Waals surface area (Å²) < 4.78 is 13.0. The van der Waals surface area contributed by atoms with Crippen LogP contribution < -0.4 is 10.6 Å². The molecular weight excluding hydrogens is 343 g/mol. The molecule has 3 aromatic carbocycles. The van der Waals surface area contributed by atoms with Gasteiger partial charge in [0.05, 0.1) is 11.3 Å². The molecule has 0 aliphatic carbocycles. The third-order valence-corrected chi connectivity index (χ3v) is 4.29. The first-order valence-electron chi connectivity index (χ1n) is 8.48. The van der Waals surface area contributed by atoms with Gasteiger partial charge in [-0.3, -0.25) is 9.59 Å². The number of benzene rings is 3. The van der Waals surface area contributed by atoms with Gasteiger partial charge in [0.2, 0.25) is 0 Å². The maximum atomic E-state index is 13.0. The van der Waals surface area contributed by atoms with E-state index in [1.54, 1.807) is 24.3 Å². The number of halogens is 1. The molecule has 0 bridgehead atoms. The van der Waals surface area contributed by atoms with Crippen molar-refractivity contribution < 1.29 is 14.0 Å². The van der Waals surface area contributed by atoms with Crippen molar-refractivity contribution in [3.8, 4) is 0 Å². The molecule has 0 saturated heterocycles. The van der Waals surface area contributed by atoms with Gasteiger partial charge >= 0.3 is 0 Å². The van der Waals surface area contributed by atoms with Crippen LogP contribution in [0, 0.1) is 19.7 Å². The summed E-state index contributed by atoms with van der Waals surface area (Å²) in [6, 6.07) is 17.6. The molecule has 136 valence electrons. The van der Waals surface area contributed by atoms with E-state index in [-0.39, 0.29) is 5.91 Å². The summed E-state index contributed by atoms with van der Waals surface area (Å²) in [5.74, 6) is -1.16. The third kappa shape index (κ3) is 4.39. The molecule has 27 heavy (non-hydrogen) atoms. The Kier molecular flexibility index (Phi) is 5.31. The zero-order valence-electron chi connectivity index (χ0n) is 15.0. The van der Waals surface area contributed by atoms with Gasteiger partial charge in [-0.1, -0.05) is 18.2 Å². The molecular formula is C22H19FN2O2. The van der Waals surface area contributed by atoms with Gasteiger partial charge in [-0.05, 0) is 73.5 Å². The van der Waals surface area contributed by atoms with Gasteiger partial charge in [0.25, 0.3) is 11.8 Å². The Balaban J connectivity index is 1.80. The van der Waals surface area contributed by atoms with Crippen LogP contribution in [0.5, 0.6) is 0 Å². The van der Waals surface area contributed by atoms with Gasteiger partial charge in [-0.2, -0.15) is 0 Å². The number of carbonyl (C=O) groups is 2.